The van der Waals surface area contributed by atoms with E-state index in [2.05, 4.69) is 25.7 Å². The van der Waals surface area contributed by atoms with Crippen LogP contribution in [0, 0.1) is 0 Å². The van der Waals surface area contributed by atoms with Crippen LogP contribution in [0.5, 0.6) is 0 Å². The second-order valence-electron chi connectivity index (χ2n) is 5.55. The van der Waals surface area contributed by atoms with Crippen LogP contribution in [0.2, 0.25) is 0 Å². The van der Waals surface area contributed by atoms with Gasteiger partial charge in [-0.25, -0.2) is 4.79 Å². The largest absolute Gasteiger partial charge is 0.445 e. The second-order valence-corrected chi connectivity index (χ2v) is 6.53. The van der Waals surface area contributed by atoms with Crippen molar-refractivity contribution in [3.05, 3.63) is 5.01 Å². The molecule has 1 saturated heterocycles. The fourth-order valence-corrected chi connectivity index (χ4v) is 3.16. The minimum absolute atomic E-state index is 0.0463. The van der Waals surface area contributed by atoms with Crippen molar-refractivity contribution in [2.45, 2.75) is 43.9 Å². The van der Waals surface area contributed by atoms with E-state index in [0.29, 0.717) is 11.3 Å². The Morgan fingerprint density at radius 1 is 1.18 bits per heavy atom. The first-order valence-corrected chi connectivity index (χ1v) is 7.96. The molecule has 122 valence electrons. The molecular weight excluding hydrogens is 319 g/mol. The number of carbonyl (C=O) groups is 1. The summed E-state index contributed by atoms with van der Waals surface area (Å²) in [5.74, 6) is 0. The van der Waals surface area contributed by atoms with Gasteiger partial charge in [-0.15, -0.1) is 10.2 Å². The minimum atomic E-state index is -4.54. The van der Waals surface area contributed by atoms with E-state index < -0.39 is 17.2 Å². The van der Waals surface area contributed by atoms with Crippen molar-refractivity contribution < 1.29 is 18.0 Å². The van der Waals surface area contributed by atoms with Crippen molar-refractivity contribution in [3.8, 4) is 0 Å². The molecule has 2 aliphatic rings. The molecule has 3 rings (SSSR count). The molecule has 1 aliphatic carbocycles. The predicted octanol–water partition coefficient (Wildman–Crippen LogP) is 2.31. The molecule has 1 aliphatic heterocycles. The van der Waals surface area contributed by atoms with Gasteiger partial charge >= 0.3 is 12.2 Å². The fourth-order valence-electron chi connectivity index (χ4n) is 2.56. The lowest BCUT2D eigenvalue weighted by Crippen LogP contribution is -2.46. The van der Waals surface area contributed by atoms with Crippen molar-refractivity contribution in [1.29, 1.82) is 0 Å². The summed E-state index contributed by atoms with van der Waals surface area (Å²) in [4.78, 5) is 14.2. The summed E-state index contributed by atoms with van der Waals surface area (Å²) in [6.45, 7) is 1.90. The highest BCUT2D eigenvalue weighted by atomic mass is 32.1. The highest BCUT2D eigenvalue weighted by molar-refractivity contribution is 7.15. The number of alkyl halides is 3. The van der Waals surface area contributed by atoms with Crippen LogP contribution in [0.25, 0.3) is 0 Å². The smallest absolute Gasteiger partial charge is 0.335 e. The summed E-state index contributed by atoms with van der Waals surface area (Å²) in [5.41, 5.74) is 0. The van der Waals surface area contributed by atoms with Gasteiger partial charge in [0.15, 0.2) is 0 Å². The quantitative estimate of drug-likeness (QED) is 0.889. The van der Waals surface area contributed by atoms with Gasteiger partial charge in [-0.2, -0.15) is 13.2 Å². The molecule has 1 saturated carbocycles. The first kappa shape index (κ1) is 15.5. The number of carbonyl (C=O) groups excluding carboxylic acids is 1. The van der Waals surface area contributed by atoms with Crippen LogP contribution in [-0.4, -0.2) is 46.3 Å². The Hall–Kier alpha value is -1.42. The van der Waals surface area contributed by atoms with Crippen LogP contribution in [0.4, 0.5) is 23.1 Å². The highest BCUT2D eigenvalue weighted by Crippen LogP contribution is 2.33. The summed E-state index contributed by atoms with van der Waals surface area (Å²) in [5, 5.41) is 10.2. The van der Waals surface area contributed by atoms with Crippen LogP contribution in [0.3, 0.4) is 0 Å². The zero-order valence-electron chi connectivity index (χ0n) is 11.7. The number of urea groups is 1. The standard InChI is InChI=1S/C12H16F3N5OS/c13-12(14,15)9-18-19-11(22-9)17-10(21)16-7-3-5-20(6-4-7)8-1-2-8/h7-8H,1-6H2,(H2,16,17,19,21). The van der Waals surface area contributed by atoms with Gasteiger partial charge in [0, 0.05) is 25.2 Å². The van der Waals surface area contributed by atoms with Crippen LogP contribution in [0.1, 0.15) is 30.7 Å². The fraction of sp³-hybridized carbons (Fsp3) is 0.750. The number of anilines is 1. The number of amides is 2. The average molecular weight is 335 g/mol. The lowest BCUT2D eigenvalue weighted by atomic mass is 10.1. The summed E-state index contributed by atoms with van der Waals surface area (Å²) >= 11 is 0.315. The van der Waals surface area contributed by atoms with Crippen molar-refractivity contribution in [2.24, 2.45) is 0 Å². The summed E-state index contributed by atoms with van der Waals surface area (Å²) in [7, 11) is 0. The van der Waals surface area contributed by atoms with E-state index in [1.54, 1.807) is 0 Å². The second kappa shape index (κ2) is 5.99. The number of halogens is 3. The first-order chi connectivity index (χ1) is 10.4. The van der Waals surface area contributed by atoms with E-state index >= 15 is 0 Å². The number of nitrogens with one attached hydrogen (secondary N) is 2. The summed E-state index contributed by atoms with van der Waals surface area (Å²) < 4.78 is 37.2. The van der Waals surface area contributed by atoms with E-state index in [1.165, 1.54) is 12.8 Å². The topological polar surface area (TPSA) is 70.1 Å². The molecule has 2 heterocycles. The van der Waals surface area contributed by atoms with Gasteiger partial charge in [0.2, 0.25) is 10.1 Å². The Bertz CT molecular complexity index is 537. The van der Waals surface area contributed by atoms with Crippen molar-refractivity contribution in [1.82, 2.24) is 20.4 Å². The van der Waals surface area contributed by atoms with Crippen LogP contribution in [0.15, 0.2) is 0 Å². The molecule has 0 radical (unpaired) electrons. The van der Waals surface area contributed by atoms with E-state index in [9.17, 15) is 18.0 Å². The minimum Gasteiger partial charge on any atom is -0.335 e. The van der Waals surface area contributed by atoms with E-state index in [4.69, 9.17) is 0 Å². The Kier molecular flexibility index (Phi) is 4.22. The number of likely N-dealkylation sites (tertiary alicyclic amines) is 1. The number of hydrogen-bond acceptors (Lipinski definition) is 5. The highest BCUT2D eigenvalue weighted by Gasteiger charge is 2.36. The normalized spacial score (nSPS) is 20.9. The van der Waals surface area contributed by atoms with Gasteiger partial charge < -0.3 is 10.2 Å². The van der Waals surface area contributed by atoms with Crippen molar-refractivity contribution in [3.63, 3.8) is 0 Å². The molecule has 0 aromatic carbocycles. The van der Waals surface area contributed by atoms with E-state index in [0.717, 1.165) is 32.0 Å². The summed E-state index contributed by atoms with van der Waals surface area (Å²) in [6.07, 6.45) is -0.306. The Labute approximate surface area is 129 Å². The van der Waals surface area contributed by atoms with Gasteiger partial charge in [-0.1, -0.05) is 11.3 Å². The molecule has 0 unspecified atom stereocenters. The molecule has 6 nitrogen and oxygen atoms in total. The Morgan fingerprint density at radius 2 is 1.86 bits per heavy atom. The van der Waals surface area contributed by atoms with Gasteiger partial charge in [0.05, 0.1) is 0 Å². The number of aromatic nitrogens is 2. The maximum atomic E-state index is 12.4. The van der Waals surface area contributed by atoms with Gasteiger partial charge in [0.25, 0.3) is 0 Å². The molecular formula is C12H16F3N5OS. The lowest BCUT2D eigenvalue weighted by molar-refractivity contribution is -0.138. The van der Waals surface area contributed by atoms with Crippen LogP contribution >= 0.6 is 11.3 Å². The molecule has 10 heteroatoms. The van der Waals surface area contributed by atoms with Crippen LogP contribution in [-0.2, 0) is 6.18 Å². The molecule has 2 amide bonds. The van der Waals surface area contributed by atoms with Crippen molar-refractivity contribution >= 4 is 22.5 Å². The Balaban J connectivity index is 1.45. The van der Waals surface area contributed by atoms with Gasteiger partial charge in [-0.05, 0) is 25.7 Å². The number of nitrogens with zero attached hydrogens (tertiary/aromatic N) is 3. The zero-order valence-corrected chi connectivity index (χ0v) is 12.5. The Morgan fingerprint density at radius 3 is 2.41 bits per heavy atom. The molecule has 0 spiro atoms. The van der Waals surface area contributed by atoms with Gasteiger partial charge in [0.1, 0.15) is 0 Å². The van der Waals surface area contributed by atoms with E-state index in [-0.39, 0.29) is 11.2 Å². The molecule has 0 bridgehead atoms. The lowest BCUT2D eigenvalue weighted by Gasteiger charge is -2.32. The zero-order chi connectivity index (χ0) is 15.7. The molecule has 1 aromatic heterocycles. The third kappa shape index (κ3) is 3.86. The first-order valence-electron chi connectivity index (χ1n) is 7.14. The van der Waals surface area contributed by atoms with Gasteiger partial charge in [-0.3, -0.25) is 5.32 Å². The average Bonchev–Trinajstić information content (AvgIpc) is 3.18. The van der Waals surface area contributed by atoms with Crippen molar-refractivity contribution in [2.75, 3.05) is 18.4 Å². The number of rotatable bonds is 3. The van der Waals surface area contributed by atoms with E-state index in [1.807, 2.05) is 0 Å². The third-order valence-corrected chi connectivity index (χ3v) is 4.70. The molecule has 2 N–H and O–H groups in total. The SMILES string of the molecule is O=C(Nc1nnc(C(F)(F)F)s1)NC1CCN(C2CC2)CC1. The maximum Gasteiger partial charge on any atom is 0.445 e. The molecule has 22 heavy (non-hydrogen) atoms. The van der Waals surface area contributed by atoms with Crippen LogP contribution < -0.4 is 10.6 Å². The third-order valence-electron chi connectivity index (χ3n) is 3.82. The number of hydrogen-bond donors (Lipinski definition) is 2. The number of piperidine rings is 1. The monoisotopic (exact) mass is 335 g/mol. The molecule has 2 fully saturated rings. The summed E-state index contributed by atoms with van der Waals surface area (Å²) in [6, 6.07) is 0.233. The molecule has 1 aromatic rings. The maximum absolute atomic E-state index is 12.4. The molecule has 0 atom stereocenters. The predicted molar refractivity (Wildman–Crippen MR) is 74.7 cm³/mol.